The molecule has 88 valence electrons. The maximum atomic E-state index is 6.00. The van der Waals surface area contributed by atoms with E-state index in [1.807, 2.05) is 43.4 Å². The molecule has 1 heterocycles. The van der Waals surface area contributed by atoms with Gasteiger partial charge in [0, 0.05) is 22.7 Å². The van der Waals surface area contributed by atoms with E-state index >= 15 is 0 Å². The van der Waals surface area contributed by atoms with Gasteiger partial charge >= 0.3 is 0 Å². The van der Waals surface area contributed by atoms with Crippen molar-refractivity contribution in [2.24, 2.45) is 0 Å². The minimum absolute atomic E-state index is 0.764. The van der Waals surface area contributed by atoms with E-state index in [0.29, 0.717) is 0 Å². The van der Waals surface area contributed by atoms with E-state index in [2.05, 4.69) is 10.3 Å². The maximum Gasteiger partial charge on any atom is 0.101 e. The van der Waals surface area contributed by atoms with Crippen LogP contribution in [0.1, 0.15) is 5.56 Å². The third-order valence-electron chi connectivity index (χ3n) is 2.24. The summed E-state index contributed by atoms with van der Waals surface area (Å²) < 4.78 is 0. The van der Waals surface area contributed by atoms with Crippen molar-refractivity contribution in [3.05, 3.63) is 53.2 Å². The van der Waals surface area contributed by atoms with E-state index in [9.17, 15) is 0 Å². The quantitative estimate of drug-likeness (QED) is 0.913. The summed E-state index contributed by atoms with van der Waals surface area (Å²) in [6.07, 6.45) is 1.80. The normalized spacial score (nSPS) is 10.5. The van der Waals surface area contributed by atoms with E-state index in [1.54, 1.807) is 18.0 Å². The number of aromatic nitrogens is 1. The molecule has 0 fully saturated rings. The zero-order valence-electron chi connectivity index (χ0n) is 9.48. The van der Waals surface area contributed by atoms with E-state index < -0.39 is 0 Å². The van der Waals surface area contributed by atoms with Crippen molar-refractivity contribution in [3.8, 4) is 0 Å². The number of nitrogens with one attached hydrogen (secondary N) is 1. The highest BCUT2D eigenvalue weighted by atomic mass is 35.5. The molecule has 0 unspecified atom stereocenters. The van der Waals surface area contributed by atoms with Crippen LogP contribution < -0.4 is 5.32 Å². The second-order valence-electron chi connectivity index (χ2n) is 3.55. The van der Waals surface area contributed by atoms with Gasteiger partial charge in [-0.3, -0.25) is 0 Å². The summed E-state index contributed by atoms with van der Waals surface area (Å²) in [6.45, 7) is 0.801. The first kappa shape index (κ1) is 12.4. The molecule has 2 rings (SSSR count). The van der Waals surface area contributed by atoms with Crippen LogP contribution in [0.2, 0.25) is 5.02 Å². The number of hydrogen-bond donors (Lipinski definition) is 1. The molecule has 1 aromatic carbocycles. The molecule has 2 nitrogen and oxygen atoms in total. The predicted molar refractivity (Wildman–Crippen MR) is 72.6 cm³/mol. The van der Waals surface area contributed by atoms with Crippen molar-refractivity contribution >= 4 is 23.4 Å². The van der Waals surface area contributed by atoms with Crippen molar-refractivity contribution < 1.29 is 0 Å². The molecule has 0 saturated heterocycles. The summed E-state index contributed by atoms with van der Waals surface area (Å²) in [6, 6.07) is 11.8. The summed E-state index contributed by atoms with van der Waals surface area (Å²) in [5.41, 5.74) is 1.19. The number of halogens is 1. The Kier molecular flexibility index (Phi) is 4.42. The van der Waals surface area contributed by atoms with Gasteiger partial charge in [-0.1, -0.05) is 29.4 Å². The zero-order chi connectivity index (χ0) is 12.1. The Morgan fingerprint density at radius 2 is 2.18 bits per heavy atom. The zero-order valence-corrected chi connectivity index (χ0v) is 11.1. The van der Waals surface area contributed by atoms with Crippen molar-refractivity contribution in [1.82, 2.24) is 10.3 Å². The predicted octanol–water partition coefficient (Wildman–Crippen LogP) is 3.61. The fraction of sp³-hybridized carbons (Fsp3) is 0.154. The lowest BCUT2D eigenvalue weighted by atomic mass is 10.2. The van der Waals surface area contributed by atoms with Crippen LogP contribution >= 0.6 is 23.4 Å². The van der Waals surface area contributed by atoms with Crippen molar-refractivity contribution in [2.75, 3.05) is 7.05 Å². The van der Waals surface area contributed by atoms with E-state index in [1.165, 1.54) is 10.5 Å². The number of pyridine rings is 1. The van der Waals surface area contributed by atoms with Gasteiger partial charge < -0.3 is 5.32 Å². The molecule has 0 spiro atoms. The van der Waals surface area contributed by atoms with Gasteiger partial charge in [-0.15, -0.1) is 0 Å². The molecule has 4 heteroatoms. The number of hydrogen-bond acceptors (Lipinski definition) is 3. The van der Waals surface area contributed by atoms with Crippen LogP contribution in [0.15, 0.2) is 52.5 Å². The third-order valence-corrected chi connectivity index (χ3v) is 3.55. The molecular formula is C13H13ClN2S. The molecule has 17 heavy (non-hydrogen) atoms. The van der Waals surface area contributed by atoms with E-state index in [0.717, 1.165) is 16.6 Å². The Morgan fingerprint density at radius 1 is 1.29 bits per heavy atom. The summed E-state index contributed by atoms with van der Waals surface area (Å²) in [5, 5.41) is 4.90. The Bertz CT molecular complexity index is 488. The average molecular weight is 265 g/mol. The van der Waals surface area contributed by atoms with Crippen LogP contribution in [0.25, 0.3) is 0 Å². The molecule has 0 aliphatic heterocycles. The molecule has 0 saturated carbocycles. The molecule has 0 amide bonds. The Morgan fingerprint density at radius 3 is 2.88 bits per heavy atom. The topological polar surface area (TPSA) is 24.9 Å². The minimum atomic E-state index is 0.764. The molecule has 0 bridgehead atoms. The highest BCUT2D eigenvalue weighted by molar-refractivity contribution is 7.99. The van der Waals surface area contributed by atoms with Crippen LogP contribution in [0.5, 0.6) is 0 Å². The van der Waals surface area contributed by atoms with E-state index in [4.69, 9.17) is 11.6 Å². The Hall–Kier alpha value is -1.03. The van der Waals surface area contributed by atoms with Gasteiger partial charge in [-0.05, 0) is 42.9 Å². The number of nitrogens with zero attached hydrogens (tertiary/aromatic N) is 1. The van der Waals surface area contributed by atoms with Gasteiger partial charge in [0.2, 0.25) is 0 Å². The first-order chi connectivity index (χ1) is 8.29. The lowest BCUT2D eigenvalue weighted by molar-refractivity contribution is 0.803. The number of rotatable bonds is 4. The molecule has 0 radical (unpaired) electrons. The summed E-state index contributed by atoms with van der Waals surface area (Å²) >= 11 is 7.66. The lowest BCUT2D eigenvalue weighted by Gasteiger charge is -2.08. The van der Waals surface area contributed by atoms with Crippen LogP contribution in [0.3, 0.4) is 0 Å². The fourth-order valence-electron chi connectivity index (χ4n) is 1.50. The standard InChI is InChI=1S/C13H13ClN2S/c1-15-9-10-8-11(14)5-6-12(10)17-13-4-2-3-7-16-13/h2-8,15H,9H2,1H3. The highest BCUT2D eigenvalue weighted by Gasteiger charge is 2.05. The largest absolute Gasteiger partial charge is 0.316 e. The van der Waals surface area contributed by atoms with Gasteiger partial charge in [0.15, 0.2) is 0 Å². The van der Waals surface area contributed by atoms with Crippen LogP contribution in [0.4, 0.5) is 0 Å². The third kappa shape index (κ3) is 3.46. The first-order valence-electron chi connectivity index (χ1n) is 5.31. The molecular weight excluding hydrogens is 252 g/mol. The lowest BCUT2D eigenvalue weighted by Crippen LogP contribution is -2.06. The summed E-state index contributed by atoms with van der Waals surface area (Å²) in [4.78, 5) is 5.49. The number of benzene rings is 1. The second-order valence-corrected chi connectivity index (χ2v) is 5.05. The van der Waals surface area contributed by atoms with Gasteiger partial charge in [0.05, 0.1) is 0 Å². The molecule has 2 aromatic rings. The second kappa shape index (κ2) is 6.05. The molecule has 0 aliphatic carbocycles. The molecule has 0 aliphatic rings. The van der Waals surface area contributed by atoms with Crippen LogP contribution in [0, 0.1) is 0 Å². The average Bonchev–Trinajstić information content (AvgIpc) is 2.34. The van der Waals surface area contributed by atoms with Gasteiger partial charge in [-0.25, -0.2) is 4.98 Å². The first-order valence-corrected chi connectivity index (χ1v) is 6.51. The van der Waals surface area contributed by atoms with Crippen molar-refractivity contribution in [1.29, 1.82) is 0 Å². The molecule has 0 atom stereocenters. The SMILES string of the molecule is CNCc1cc(Cl)ccc1Sc1ccccn1. The van der Waals surface area contributed by atoms with Gasteiger partial charge in [0.25, 0.3) is 0 Å². The van der Waals surface area contributed by atoms with Crippen molar-refractivity contribution in [2.45, 2.75) is 16.5 Å². The summed E-state index contributed by atoms with van der Waals surface area (Å²) in [5.74, 6) is 0. The monoisotopic (exact) mass is 264 g/mol. The summed E-state index contributed by atoms with van der Waals surface area (Å²) in [7, 11) is 1.93. The molecule has 1 aromatic heterocycles. The Labute approximate surface area is 110 Å². The maximum absolute atomic E-state index is 6.00. The van der Waals surface area contributed by atoms with Crippen LogP contribution in [-0.2, 0) is 6.54 Å². The van der Waals surface area contributed by atoms with Gasteiger partial charge in [-0.2, -0.15) is 0 Å². The fourth-order valence-corrected chi connectivity index (χ4v) is 2.57. The minimum Gasteiger partial charge on any atom is -0.316 e. The Balaban J connectivity index is 2.26. The smallest absolute Gasteiger partial charge is 0.101 e. The van der Waals surface area contributed by atoms with Crippen LogP contribution in [-0.4, -0.2) is 12.0 Å². The molecule has 1 N–H and O–H groups in total. The highest BCUT2D eigenvalue weighted by Crippen LogP contribution is 2.30. The van der Waals surface area contributed by atoms with E-state index in [-0.39, 0.29) is 0 Å². The van der Waals surface area contributed by atoms with Gasteiger partial charge in [0.1, 0.15) is 5.03 Å². The van der Waals surface area contributed by atoms with Crippen molar-refractivity contribution in [3.63, 3.8) is 0 Å².